The molecule has 1 amide bonds. The van der Waals surface area contributed by atoms with Gasteiger partial charge in [-0.1, -0.05) is 13.0 Å². The van der Waals surface area contributed by atoms with E-state index in [-0.39, 0.29) is 5.91 Å². The zero-order valence-corrected chi connectivity index (χ0v) is 12.2. The standard InChI is InChI=1S/C14H17N3OS/c1-4-12-13(8-17(3)16-12)15-14(18)11-7-10(19)6-5-9(11)2/h5-8,19H,4H2,1-3H3,(H,15,18). The Morgan fingerprint density at radius 1 is 1.47 bits per heavy atom. The number of carbonyl (C=O) groups excluding carboxylic acids is 1. The fourth-order valence-corrected chi connectivity index (χ4v) is 2.15. The summed E-state index contributed by atoms with van der Waals surface area (Å²) in [6, 6.07) is 5.54. The summed E-state index contributed by atoms with van der Waals surface area (Å²) in [6.45, 7) is 3.92. The predicted molar refractivity (Wildman–Crippen MR) is 79.0 cm³/mol. The number of nitrogens with one attached hydrogen (secondary N) is 1. The van der Waals surface area contributed by atoms with Gasteiger partial charge >= 0.3 is 0 Å². The van der Waals surface area contributed by atoms with Crippen molar-refractivity contribution in [2.45, 2.75) is 25.2 Å². The quantitative estimate of drug-likeness (QED) is 0.846. The molecule has 100 valence electrons. The molecular weight excluding hydrogens is 258 g/mol. The Bertz CT molecular complexity index is 619. The first kappa shape index (κ1) is 13.7. The molecule has 0 radical (unpaired) electrons. The Morgan fingerprint density at radius 2 is 2.21 bits per heavy atom. The second kappa shape index (κ2) is 5.48. The van der Waals surface area contributed by atoms with Gasteiger partial charge in [-0.15, -0.1) is 12.6 Å². The van der Waals surface area contributed by atoms with E-state index in [1.165, 1.54) is 0 Å². The van der Waals surface area contributed by atoms with Crippen LogP contribution in [0.15, 0.2) is 29.3 Å². The maximum absolute atomic E-state index is 12.3. The van der Waals surface area contributed by atoms with Gasteiger partial charge in [0.05, 0.1) is 11.4 Å². The van der Waals surface area contributed by atoms with Gasteiger partial charge in [0.2, 0.25) is 0 Å². The molecule has 0 bridgehead atoms. The van der Waals surface area contributed by atoms with Gasteiger partial charge < -0.3 is 5.32 Å². The Hall–Kier alpha value is -1.75. The molecule has 1 aromatic heterocycles. The highest BCUT2D eigenvalue weighted by atomic mass is 32.1. The highest BCUT2D eigenvalue weighted by Gasteiger charge is 2.13. The first-order valence-corrected chi connectivity index (χ1v) is 6.59. The number of aromatic nitrogens is 2. The molecule has 0 saturated carbocycles. The zero-order valence-electron chi connectivity index (χ0n) is 11.3. The molecule has 0 atom stereocenters. The maximum atomic E-state index is 12.3. The largest absolute Gasteiger partial charge is 0.319 e. The van der Waals surface area contributed by atoms with E-state index in [0.29, 0.717) is 5.56 Å². The molecule has 0 fully saturated rings. The molecule has 0 spiro atoms. The van der Waals surface area contributed by atoms with Crippen molar-refractivity contribution in [3.63, 3.8) is 0 Å². The highest BCUT2D eigenvalue weighted by molar-refractivity contribution is 7.80. The summed E-state index contributed by atoms with van der Waals surface area (Å²) in [6.07, 6.45) is 2.60. The molecule has 2 rings (SSSR count). The third-order valence-corrected chi connectivity index (χ3v) is 3.23. The third kappa shape index (κ3) is 2.98. The van der Waals surface area contributed by atoms with Crippen LogP contribution in [0.1, 0.15) is 28.5 Å². The highest BCUT2D eigenvalue weighted by Crippen LogP contribution is 2.18. The van der Waals surface area contributed by atoms with E-state index >= 15 is 0 Å². The van der Waals surface area contributed by atoms with E-state index in [1.807, 2.05) is 39.2 Å². The number of benzene rings is 1. The van der Waals surface area contributed by atoms with Crippen molar-refractivity contribution in [1.29, 1.82) is 0 Å². The van der Waals surface area contributed by atoms with E-state index in [0.717, 1.165) is 28.3 Å². The van der Waals surface area contributed by atoms with Crippen molar-refractivity contribution in [3.05, 3.63) is 41.2 Å². The van der Waals surface area contributed by atoms with Crippen LogP contribution in [0.2, 0.25) is 0 Å². The number of aryl methyl sites for hydroxylation is 3. The van der Waals surface area contributed by atoms with Crippen LogP contribution >= 0.6 is 12.6 Å². The topological polar surface area (TPSA) is 46.9 Å². The third-order valence-electron chi connectivity index (χ3n) is 2.95. The van der Waals surface area contributed by atoms with E-state index in [1.54, 1.807) is 10.7 Å². The summed E-state index contributed by atoms with van der Waals surface area (Å²) in [5, 5.41) is 7.21. The Morgan fingerprint density at radius 3 is 2.89 bits per heavy atom. The van der Waals surface area contributed by atoms with Crippen LogP contribution in [0.4, 0.5) is 5.69 Å². The van der Waals surface area contributed by atoms with Crippen molar-refractivity contribution in [3.8, 4) is 0 Å². The van der Waals surface area contributed by atoms with Crippen LogP contribution < -0.4 is 5.32 Å². The minimum atomic E-state index is -0.129. The molecule has 0 unspecified atom stereocenters. The van der Waals surface area contributed by atoms with Crippen LogP contribution in [-0.2, 0) is 13.5 Å². The number of hydrogen-bond acceptors (Lipinski definition) is 3. The van der Waals surface area contributed by atoms with Crippen molar-refractivity contribution >= 4 is 24.2 Å². The predicted octanol–water partition coefficient (Wildman–Crippen LogP) is 2.83. The summed E-state index contributed by atoms with van der Waals surface area (Å²) in [4.78, 5) is 13.1. The molecule has 19 heavy (non-hydrogen) atoms. The van der Waals surface area contributed by atoms with Gasteiger partial charge in [-0.3, -0.25) is 9.48 Å². The van der Waals surface area contributed by atoms with Crippen molar-refractivity contribution in [1.82, 2.24) is 9.78 Å². The number of hydrogen-bond donors (Lipinski definition) is 2. The number of rotatable bonds is 3. The summed E-state index contributed by atoms with van der Waals surface area (Å²) in [5.41, 5.74) is 3.21. The van der Waals surface area contributed by atoms with Crippen molar-refractivity contribution in [2.24, 2.45) is 7.05 Å². The summed E-state index contributed by atoms with van der Waals surface area (Å²) < 4.78 is 1.70. The summed E-state index contributed by atoms with van der Waals surface area (Å²) in [5.74, 6) is -0.129. The minimum Gasteiger partial charge on any atom is -0.319 e. The van der Waals surface area contributed by atoms with Gasteiger partial charge in [0, 0.05) is 23.7 Å². The lowest BCUT2D eigenvalue weighted by Crippen LogP contribution is -2.14. The van der Waals surface area contributed by atoms with Gasteiger partial charge in [-0.2, -0.15) is 5.10 Å². The molecule has 0 aliphatic heterocycles. The SMILES string of the molecule is CCc1nn(C)cc1NC(=O)c1cc(S)ccc1C. The molecule has 2 aromatic rings. The average molecular weight is 275 g/mol. The monoisotopic (exact) mass is 275 g/mol. The maximum Gasteiger partial charge on any atom is 0.256 e. The minimum absolute atomic E-state index is 0.129. The number of thiol groups is 1. The second-order valence-electron chi connectivity index (χ2n) is 4.47. The number of nitrogens with zero attached hydrogens (tertiary/aromatic N) is 2. The van der Waals surface area contributed by atoms with Crippen LogP contribution in [0, 0.1) is 6.92 Å². The normalized spacial score (nSPS) is 10.5. The summed E-state index contributed by atoms with van der Waals surface area (Å²) in [7, 11) is 1.84. The van der Waals surface area contributed by atoms with Crippen molar-refractivity contribution < 1.29 is 4.79 Å². The number of carbonyl (C=O) groups is 1. The summed E-state index contributed by atoms with van der Waals surface area (Å²) >= 11 is 4.27. The van der Waals surface area contributed by atoms with E-state index in [4.69, 9.17) is 0 Å². The van der Waals surface area contributed by atoms with Gasteiger partial charge in [0.15, 0.2) is 0 Å². The molecule has 0 aliphatic carbocycles. The van der Waals surface area contributed by atoms with Crippen molar-refractivity contribution in [2.75, 3.05) is 5.32 Å². The van der Waals surface area contributed by atoms with E-state index < -0.39 is 0 Å². The van der Waals surface area contributed by atoms with Crippen LogP contribution in [0.3, 0.4) is 0 Å². The Labute approximate surface area is 118 Å². The molecule has 5 heteroatoms. The van der Waals surface area contributed by atoms with Crippen LogP contribution in [-0.4, -0.2) is 15.7 Å². The number of amides is 1. The second-order valence-corrected chi connectivity index (χ2v) is 4.99. The fourth-order valence-electron chi connectivity index (χ4n) is 1.94. The first-order chi connectivity index (χ1) is 9.01. The average Bonchev–Trinajstić information content (AvgIpc) is 2.72. The fraction of sp³-hybridized carbons (Fsp3) is 0.286. The lowest BCUT2D eigenvalue weighted by molar-refractivity contribution is 0.102. The Kier molecular flexibility index (Phi) is 3.95. The van der Waals surface area contributed by atoms with Gasteiger partial charge in [0.25, 0.3) is 5.91 Å². The van der Waals surface area contributed by atoms with Gasteiger partial charge in [0.1, 0.15) is 0 Å². The van der Waals surface area contributed by atoms with Gasteiger partial charge in [-0.25, -0.2) is 0 Å². The van der Waals surface area contributed by atoms with E-state index in [2.05, 4.69) is 23.0 Å². The number of anilines is 1. The van der Waals surface area contributed by atoms with E-state index in [9.17, 15) is 4.79 Å². The van der Waals surface area contributed by atoms with Crippen LogP contribution in [0.25, 0.3) is 0 Å². The molecule has 1 aromatic carbocycles. The Balaban J connectivity index is 2.27. The molecule has 1 heterocycles. The van der Waals surface area contributed by atoms with Gasteiger partial charge in [-0.05, 0) is 31.0 Å². The molecule has 1 N–H and O–H groups in total. The molecule has 0 saturated heterocycles. The zero-order chi connectivity index (χ0) is 14.0. The lowest BCUT2D eigenvalue weighted by atomic mass is 10.1. The lowest BCUT2D eigenvalue weighted by Gasteiger charge is -2.07. The molecular formula is C14H17N3OS. The molecule has 4 nitrogen and oxygen atoms in total. The van der Waals surface area contributed by atoms with Crippen LogP contribution in [0.5, 0.6) is 0 Å². The smallest absolute Gasteiger partial charge is 0.256 e. The molecule has 0 aliphatic rings. The first-order valence-electron chi connectivity index (χ1n) is 6.14.